The molecule has 84 valence electrons. The SMILES string of the molecule is CCC(C)[C@H](N)C(=O)N(C)CCOC. The summed E-state index contributed by atoms with van der Waals surface area (Å²) in [7, 11) is 3.37. The average Bonchev–Trinajstić information content (AvgIpc) is 2.22. The Balaban J connectivity index is 4.03. The lowest BCUT2D eigenvalue weighted by molar-refractivity contribution is -0.132. The van der Waals surface area contributed by atoms with Gasteiger partial charge < -0.3 is 15.4 Å². The third-order valence-electron chi connectivity index (χ3n) is 2.55. The molecule has 0 aliphatic carbocycles. The number of nitrogens with zero attached hydrogens (tertiary/aromatic N) is 1. The standard InChI is InChI=1S/C10H22N2O2/c1-5-8(2)9(11)10(13)12(3)6-7-14-4/h8-9H,5-7,11H2,1-4H3/t8?,9-/m0/s1. The molecule has 2 N–H and O–H groups in total. The summed E-state index contributed by atoms with van der Waals surface area (Å²) in [4.78, 5) is 13.3. The quantitative estimate of drug-likeness (QED) is 0.681. The van der Waals surface area contributed by atoms with Crippen LogP contribution in [0.4, 0.5) is 0 Å². The second-order valence-electron chi connectivity index (χ2n) is 3.66. The number of carbonyl (C=O) groups excluding carboxylic acids is 1. The molecule has 0 fully saturated rings. The Bertz CT molecular complexity index is 174. The number of likely N-dealkylation sites (N-methyl/N-ethyl adjacent to an activating group) is 1. The van der Waals surface area contributed by atoms with Gasteiger partial charge in [0.05, 0.1) is 12.6 Å². The van der Waals surface area contributed by atoms with Gasteiger partial charge in [0.25, 0.3) is 0 Å². The normalized spacial score (nSPS) is 14.9. The second-order valence-corrected chi connectivity index (χ2v) is 3.66. The molecular weight excluding hydrogens is 180 g/mol. The number of hydrogen-bond donors (Lipinski definition) is 1. The number of methoxy groups -OCH3 is 1. The number of carbonyl (C=O) groups is 1. The summed E-state index contributed by atoms with van der Waals surface area (Å²) in [6.45, 7) is 5.18. The highest BCUT2D eigenvalue weighted by molar-refractivity contribution is 5.81. The topological polar surface area (TPSA) is 55.6 Å². The minimum Gasteiger partial charge on any atom is -0.383 e. The minimum absolute atomic E-state index is 0.00333. The summed E-state index contributed by atoms with van der Waals surface area (Å²) in [5.41, 5.74) is 5.81. The fourth-order valence-electron chi connectivity index (χ4n) is 1.09. The van der Waals surface area contributed by atoms with Crippen LogP contribution in [0, 0.1) is 5.92 Å². The molecule has 0 spiro atoms. The molecule has 0 saturated carbocycles. The van der Waals surface area contributed by atoms with E-state index in [4.69, 9.17) is 10.5 Å². The highest BCUT2D eigenvalue weighted by Crippen LogP contribution is 2.07. The Morgan fingerprint density at radius 1 is 1.57 bits per heavy atom. The maximum Gasteiger partial charge on any atom is 0.239 e. The van der Waals surface area contributed by atoms with Crippen molar-refractivity contribution in [3.8, 4) is 0 Å². The Hall–Kier alpha value is -0.610. The van der Waals surface area contributed by atoms with Crippen molar-refractivity contribution in [1.82, 2.24) is 4.90 Å². The van der Waals surface area contributed by atoms with Crippen molar-refractivity contribution in [1.29, 1.82) is 0 Å². The molecule has 0 heterocycles. The van der Waals surface area contributed by atoms with Gasteiger partial charge in [0.1, 0.15) is 0 Å². The predicted octanol–water partition coefficient (Wildman–Crippen LogP) is 0.465. The van der Waals surface area contributed by atoms with Crippen LogP contribution in [0.1, 0.15) is 20.3 Å². The maximum atomic E-state index is 11.7. The number of ether oxygens (including phenoxy) is 1. The Kier molecular flexibility index (Phi) is 6.49. The first-order valence-corrected chi connectivity index (χ1v) is 5.04. The predicted molar refractivity (Wildman–Crippen MR) is 56.9 cm³/mol. The number of hydrogen-bond acceptors (Lipinski definition) is 3. The van der Waals surface area contributed by atoms with E-state index in [-0.39, 0.29) is 17.9 Å². The van der Waals surface area contributed by atoms with Crippen molar-refractivity contribution in [3.05, 3.63) is 0 Å². The molecule has 4 heteroatoms. The zero-order chi connectivity index (χ0) is 11.1. The van der Waals surface area contributed by atoms with Gasteiger partial charge >= 0.3 is 0 Å². The van der Waals surface area contributed by atoms with Crippen LogP contribution in [0.2, 0.25) is 0 Å². The molecule has 0 aliphatic rings. The smallest absolute Gasteiger partial charge is 0.239 e. The van der Waals surface area contributed by atoms with E-state index in [1.165, 1.54) is 0 Å². The fourth-order valence-corrected chi connectivity index (χ4v) is 1.09. The van der Waals surface area contributed by atoms with Gasteiger partial charge in [-0.15, -0.1) is 0 Å². The van der Waals surface area contributed by atoms with Crippen LogP contribution in [0.3, 0.4) is 0 Å². The third-order valence-corrected chi connectivity index (χ3v) is 2.55. The lowest BCUT2D eigenvalue weighted by Crippen LogP contribution is -2.46. The molecule has 0 aromatic carbocycles. The molecule has 1 amide bonds. The molecule has 0 saturated heterocycles. The zero-order valence-corrected chi connectivity index (χ0v) is 9.62. The van der Waals surface area contributed by atoms with E-state index < -0.39 is 0 Å². The lowest BCUT2D eigenvalue weighted by Gasteiger charge is -2.24. The molecule has 0 aliphatic heterocycles. The first-order valence-electron chi connectivity index (χ1n) is 5.04. The first-order chi connectivity index (χ1) is 6.54. The summed E-state index contributed by atoms with van der Waals surface area (Å²) in [6, 6.07) is -0.387. The second kappa shape index (κ2) is 6.79. The highest BCUT2D eigenvalue weighted by Gasteiger charge is 2.22. The molecule has 0 aromatic heterocycles. The van der Waals surface area contributed by atoms with Gasteiger partial charge in [0.2, 0.25) is 5.91 Å². The van der Waals surface area contributed by atoms with Crippen molar-refractivity contribution < 1.29 is 9.53 Å². The molecule has 0 radical (unpaired) electrons. The molecule has 1 unspecified atom stereocenters. The van der Waals surface area contributed by atoms with Gasteiger partial charge in [0, 0.05) is 20.7 Å². The molecule has 0 aromatic rings. The Labute approximate surface area is 86.4 Å². The van der Waals surface area contributed by atoms with Crippen molar-refractivity contribution in [2.75, 3.05) is 27.3 Å². The summed E-state index contributed by atoms with van der Waals surface area (Å²) in [6.07, 6.45) is 0.922. The summed E-state index contributed by atoms with van der Waals surface area (Å²) < 4.78 is 4.89. The van der Waals surface area contributed by atoms with E-state index in [1.807, 2.05) is 13.8 Å². The van der Waals surface area contributed by atoms with Gasteiger partial charge in [-0.25, -0.2) is 0 Å². The monoisotopic (exact) mass is 202 g/mol. The molecule has 2 atom stereocenters. The number of amides is 1. The molecular formula is C10H22N2O2. The van der Waals surface area contributed by atoms with Gasteiger partial charge in [-0.05, 0) is 5.92 Å². The van der Waals surface area contributed by atoms with E-state index in [0.717, 1.165) is 6.42 Å². The summed E-state index contributed by atoms with van der Waals surface area (Å²) in [5, 5.41) is 0. The minimum atomic E-state index is -0.387. The number of nitrogens with two attached hydrogens (primary N) is 1. The first kappa shape index (κ1) is 13.4. The van der Waals surface area contributed by atoms with Crippen LogP contribution >= 0.6 is 0 Å². The van der Waals surface area contributed by atoms with Crippen molar-refractivity contribution in [2.45, 2.75) is 26.3 Å². The van der Waals surface area contributed by atoms with E-state index in [9.17, 15) is 4.79 Å². The zero-order valence-electron chi connectivity index (χ0n) is 9.62. The largest absolute Gasteiger partial charge is 0.383 e. The van der Waals surface area contributed by atoms with Crippen LogP contribution in [0.25, 0.3) is 0 Å². The maximum absolute atomic E-state index is 11.7. The number of rotatable bonds is 6. The van der Waals surface area contributed by atoms with Crippen LogP contribution in [-0.4, -0.2) is 44.2 Å². The van der Waals surface area contributed by atoms with Gasteiger partial charge in [0.15, 0.2) is 0 Å². The van der Waals surface area contributed by atoms with Crippen molar-refractivity contribution in [3.63, 3.8) is 0 Å². The van der Waals surface area contributed by atoms with Gasteiger partial charge in [-0.3, -0.25) is 4.79 Å². The van der Waals surface area contributed by atoms with E-state index in [2.05, 4.69) is 0 Å². The third kappa shape index (κ3) is 4.07. The van der Waals surface area contributed by atoms with Gasteiger partial charge in [-0.1, -0.05) is 20.3 Å². The summed E-state index contributed by atoms with van der Waals surface area (Å²) >= 11 is 0. The molecule has 0 rings (SSSR count). The Morgan fingerprint density at radius 2 is 2.14 bits per heavy atom. The van der Waals surface area contributed by atoms with Crippen molar-refractivity contribution in [2.24, 2.45) is 11.7 Å². The highest BCUT2D eigenvalue weighted by atomic mass is 16.5. The molecule has 4 nitrogen and oxygen atoms in total. The summed E-state index contributed by atoms with van der Waals surface area (Å²) in [5.74, 6) is 0.226. The fraction of sp³-hybridized carbons (Fsp3) is 0.900. The molecule has 0 bridgehead atoms. The van der Waals surface area contributed by atoms with Crippen LogP contribution in [-0.2, 0) is 9.53 Å². The molecule has 14 heavy (non-hydrogen) atoms. The van der Waals surface area contributed by atoms with Crippen LogP contribution in [0.15, 0.2) is 0 Å². The average molecular weight is 202 g/mol. The van der Waals surface area contributed by atoms with Crippen LogP contribution in [0.5, 0.6) is 0 Å². The van der Waals surface area contributed by atoms with E-state index in [0.29, 0.717) is 13.2 Å². The van der Waals surface area contributed by atoms with E-state index >= 15 is 0 Å². The van der Waals surface area contributed by atoms with Crippen molar-refractivity contribution >= 4 is 5.91 Å². The van der Waals surface area contributed by atoms with E-state index in [1.54, 1.807) is 19.1 Å². The van der Waals surface area contributed by atoms with Crippen LogP contribution < -0.4 is 5.73 Å². The lowest BCUT2D eigenvalue weighted by atomic mass is 9.99. The Morgan fingerprint density at radius 3 is 2.57 bits per heavy atom. The van der Waals surface area contributed by atoms with Gasteiger partial charge in [-0.2, -0.15) is 0 Å².